The zero-order valence-electron chi connectivity index (χ0n) is 22.9. The molecule has 1 saturated heterocycles. The van der Waals surface area contributed by atoms with E-state index in [0.717, 1.165) is 29.7 Å². The third-order valence-electron chi connectivity index (χ3n) is 7.12. The van der Waals surface area contributed by atoms with Crippen LogP contribution in [0, 0.1) is 23.6 Å². The number of hydrogen-bond donors (Lipinski definition) is 2. The maximum absolute atomic E-state index is 13.4. The standard InChI is InChI=1S/C32H32FN5O3/c1-22-19-30(39)38(28-13-17-41-18-14-28)37-31(22)29-11-10-27(20-25(29)7-4-23-5-8-26(33)9-6-23)36-32(40)35-16-12-24-3-2-15-34-21-24/h2-3,5-6,8-11,15,20-22,28H,12-14,16-19H2,1H3,(H2,35,36,40). The van der Waals surface area contributed by atoms with Gasteiger partial charge in [-0.3, -0.25) is 9.78 Å². The number of aromatic nitrogens is 1. The number of anilines is 1. The molecule has 1 fully saturated rings. The number of benzene rings is 2. The third-order valence-corrected chi connectivity index (χ3v) is 7.12. The summed E-state index contributed by atoms with van der Waals surface area (Å²) in [4.78, 5) is 29.6. The highest BCUT2D eigenvalue weighted by molar-refractivity contribution is 6.07. The molecule has 5 rings (SSSR count). The molecule has 1 atom stereocenters. The number of carbonyl (C=O) groups excluding carboxylic acids is 2. The van der Waals surface area contributed by atoms with Crippen molar-refractivity contribution in [3.63, 3.8) is 0 Å². The van der Waals surface area contributed by atoms with E-state index in [4.69, 9.17) is 9.84 Å². The quantitative estimate of drug-likeness (QED) is 0.431. The van der Waals surface area contributed by atoms with Gasteiger partial charge in [0.2, 0.25) is 5.91 Å². The van der Waals surface area contributed by atoms with E-state index in [2.05, 4.69) is 27.5 Å². The van der Waals surface area contributed by atoms with E-state index in [0.29, 0.717) is 49.4 Å². The molecule has 3 amide bonds. The van der Waals surface area contributed by atoms with Crippen LogP contribution in [0.1, 0.15) is 48.4 Å². The fraction of sp³-hybridized carbons (Fsp3) is 0.312. The maximum Gasteiger partial charge on any atom is 0.319 e. The minimum Gasteiger partial charge on any atom is -0.381 e. The number of carbonyl (C=O) groups is 2. The first kappa shape index (κ1) is 28.0. The number of rotatable bonds is 6. The van der Waals surface area contributed by atoms with Gasteiger partial charge in [0.15, 0.2) is 0 Å². The van der Waals surface area contributed by atoms with Crippen LogP contribution in [0.3, 0.4) is 0 Å². The van der Waals surface area contributed by atoms with E-state index >= 15 is 0 Å². The Morgan fingerprint density at radius 3 is 2.68 bits per heavy atom. The molecule has 3 aromatic rings. The lowest BCUT2D eigenvalue weighted by Gasteiger charge is -2.35. The lowest BCUT2D eigenvalue weighted by atomic mass is 9.90. The highest BCUT2D eigenvalue weighted by Gasteiger charge is 2.33. The van der Waals surface area contributed by atoms with Crippen LogP contribution in [0.4, 0.5) is 14.9 Å². The maximum atomic E-state index is 13.4. The molecule has 41 heavy (non-hydrogen) atoms. The number of hydrazone groups is 1. The first-order chi connectivity index (χ1) is 20.0. The lowest BCUT2D eigenvalue weighted by molar-refractivity contribution is -0.136. The fourth-order valence-corrected chi connectivity index (χ4v) is 4.92. The van der Waals surface area contributed by atoms with E-state index < -0.39 is 0 Å². The highest BCUT2D eigenvalue weighted by atomic mass is 19.1. The summed E-state index contributed by atoms with van der Waals surface area (Å²) in [5.74, 6) is 5.85. The van der Waals surface area contributed by atoms with Crippen LogP contribution in [-0.2, 0) is 16.0 Å². The van der Waals surface area contributed by atoms with Crippen molar-refractivity contribution in [3.05, 3.63) is 95.1 Å². The van der Waals surface area contributed by atoms with E-state index in [-0.39, 0.29) is 29.7 Å². The highest BCUT2D eigenvalue weighted by Crippen LogP contribution is 2.28. The summed E-state index contributed by atoms with van der Waals surface area (Å²) in [6.07, 6.45) is 5.98. The Hall–Kier alpha value is -4.55. The first-order valence-corrected chi connectivity index (χ1v) is 13.8. The summed E-state index contributed by atoms with van der Waals surface area (Å²) in [7, 11) is 0. The lowest BCUT2D eigenvalue weighted by Crippen LogP contribution is -2.45. The Morgan fingerprint density at radius 1 is 1.12 bits per heavy atom. The zero-order chi connectivity index (χ0) is 28.6. The summed E-state index contributed by atoms with van der Waals surface area (Å²) in [5, 5.41) is 12.2. The molecule has 2 aliphatic heterocycles. The minimum atomic E-state index is -0.334. The Bertz CT molecular complexity index is 1470. The number of nitrogens with one attached hydrogen (secondary N) is 2. The molecule has 8 nitrogen and oxygen atoms in total. The molecule has 9 heteroatoms. The minimum absolute atomic E-state index is 0.00352. The summed E-state index contributed by atoms with van der Waals surface area (Å²) < 4.78 is 18.9. The summed E-state index contributed by atoms with van der Waals surface area (Å²) >= 11 is 0. The molecule has 3 heterocycles. The van der Waals surface area contributed by atoms with Crippen molar-refractivity contribution in [1.29, 1.82) is 0 Å². The summed E-state index contributed by atoms with van der Waals surface area (Å²) in [6.45, 7) is 3.65. The largest absolute Gasteiger partial charge is 0.381 e. The Labute approximate surface area is 239 Å². The van der Waals surface area contributed by atoms with Gasteiger partial charge in [0.05, 0.1) is 11.8 Å². The normalized spacial score (nSPS) is 17.3. The molecule has 0 saturated carbocycles. The van der Waals surface area contributed by atoms with Crippen LogP contribution in [0.25, 0.3) is 0 Å². The number of amides is 3. The number of ether oxygens (including phenoxy) is 1. The summed E-state index contributed by atoms with van der Waals surface area (Å²) in [6, 6.07) is 15.0. The van der Waals surface area contributed by atoms with Gasteiger partial charge in [-0.25, -0.2) is 14.2 Å². The van der Waals surface area contributed by atoms with E-state index in [1.54, 1.807) is 35.6 Å². The van der Waals surface area contributed by atoms with E-state index in [1.807, 2.05) is 31.2 Å². The Balaban J connectivity index is 1.40. The van der Waals surface area contributed by atoms with Gasteiger partial charge in [-0.1, -0.05) is 24.8 Å². The number of halogens is 1. The van der Waals surface area contributed by atoms with Crippen LogP contribution in [0.15, 0.2) is 72.1 Å². The van der Waals surface area contributed by atoms with Crippen molar-refractivity contribution >= 4 is 23.3 Å². The topological polar surface area (TPSA) is 95.9 Å². The monoisotopic (exact) mass is 553 g/mol. The SMILES string of the molecule is CC1CC(=O)N(C2CCOCC2)N=C1c1ccc(NC(=O)NCCc2cccnc2)cc1C#Cc1ccc(F)cc1. The summed E-state index contributed by atoms with van der Waals surface area (Å²) in [5.41, 5.74) is 4.46. The van der Waals surface area contributed by atoms with Gasteiger partial charge >= 0.3 is 6.03 Å². The van der Waals surface area contributed by atoms with Crippen molar-refractivity contribution in [1.82, 2.24) is 15.3 Å². The Kier molecular flexibility index (Phi) is 9.02. The second-order valence-corrected chi connectivity index (χ2v) is 10.2. The van der Waals surface area contributed by atoms with Crippen molar-refractivity contribution < 1.29 is 18.7 Å². The van der Waals surface area contributed by atoms with Gasteiger partial charge < -0.3 is 15.4 Å². The molecule has 210 valence electrons. The van der Waals surface area contributed by atoms with E-state index in [1.165, 1.54) is 12.1 Å². The second-order valence-electron chi connectivity index (χ2n) is 10.2. The van der Waals surface area contributed by atoms with Crippen LogP contribution in [0.5, 0.6) is 0 Å². The molecule has 0 bridgehead atoms. The molecule has 2 aromatic carbocycles. The molecule has 2 aliphatic rings. The molecule has 0 spiro atoms. The van der Waals surface area contributed by atoms with Crippen molar-refractivity contribution in [3.8, 4) is 11.8 Å². The van der Waals surface area contributed by atoms with E-state index in [9.17, 15) is 14.0 Å². The van der Waals surface area contributed by atoms with Gasteiger partial charge in [0, 0.05) is 66.9 Å². The molecular formula is C32H32FN5O3. The smallest absolute Gasteiger partial charge is 0.319 e. The molecule has 2 N–H and O–H groups in total. The number of hydrogen-bond acceptors (Lipinski definition) is 5. The van der Waals surface area contributed by atoms with Gasteiger partial charge in [0.25, 0.3) is 0 Å². The van der Waals surface area contributed by atoms with Gasteiger partial charge in [0.1, 0.15) is 5.82 Å². The molecular weight excluding hydrogens is 521 g/mol. The second kappa shape index (κ2) is 13.2. The number of urea groups is 1. The fourth-order valence-electron chi connectivity index (χ4n) is 4.92. The Morgan fingerprint density at radius 2 is 1.93 bits per heavy atom. The van der Waals surface area contributed by atoms with Crippen LogP contribution in [0.2, 0.25) is 0 Å². The van der Waals surface area contributed by atoms with Crippen molar-refractivity contribution in [2.45, 2.75) is 38.6 Å². The van der Waals surface area contributed by atoms with Crippen molar-refractivity contribution in [2.75, 3.05) is 25.1 Å². The average Bonchev–Trinajstić information content (AvgIpc) is 2.98. The number of nitrogens with zero attached hydrogens (tertiary/aromatic N) is 3. The van der Waals surface area contributed by atoms with Crippen LogP contribution >= 0.6 is 0 Å². The predicted molar refractivity (Wildman–Crippen MR) is 155 cm³/mol. The number of pyridine rings is 1. The van der Waals surface area contributed by atoms with Gasteiger partial charge in [-0.15, -0.1) is 0 Å². The van der Waals surface area contributed by atoms with Crippen molar-refractivity contribution in [2.24, 2.45) is 11.0 Å². The molecule has 0 aliphatic carbocycles. The third kappa shape index (κ3) is 7.35. The van der Waals surface area contributed by atoms with Crippen LogP contribution < -0.4 is 10.6 Å². The van der Waals surface area contributed by atoms with Gasteiger partial charge in [-0.2, -0.15) is 5.10 Å². The first-order valence-electron chi connectivity index (χ1n) is 13.8. The predicted octanol–water partition coefficient (Wildman–Crippen LogP) is 4.74. The molecule has 0 radical (unpaired) electrons. The zero-order valence-corrected chi connectivity index (χ0v) is 22.9. The molecule has 1 unspecified atom stereocenters. The van der Waals surface area contributed by atoms with Crippen LogP contribution in [-0.4, -0.2) is 53.4 Å². The van der Waals surface area contributed by atoms with Gasteiger partial charge in [-0.05, 0) is 73.4 Å². The molecule has 1 aromatic heterocycles. The average molecular weight is 554 g/mol.